The Bertz CT molecular complexity index is 733. The van der Waals surface area contributed by atoms with Gasteiger partial charge < -0.3 is 15.1 Å². The van der Waals surface area contributed by atoms with Crippen LogP contribution in [-0.4, -0.2) is 48.9 Å². The summed E-state index contributed by atoms with van der Waals surface area (Å²) in [5, 5.41) is 11.7. The number of nitrogens with one attached hydrogen (secondary N) is 1. The van der Waals surface area contributed by atoms with Gasteiger partial charge in [0.05, 0.1) is 16.8 Å². The van der Waals surface area contributed by atoms with Crippen LogP contribution in [-0.2, 0) is 15.8 Å². The summed E-state index contributed by atoms with van der Waals surface area (Å²) in [6.45, 7) is 4.63. The number of alkyl halides is 3. The number of hydrogen-bond acceptors (Lipinski definition) is 4. The van der Waals surface area contributed by atoms with Gasteiger partial charge in [0.15, 0.2) is 0 Å². The SMILES string of the molecule is CC(C)NC(=O)C(=O)N1CCN(c2ccc(C(F)(F)F)cc2C#N)CC1. The predicted octanol–water partition coefficient (Wildman–Crippen LogP) is 1.75. The molecule has 0 bridgehead atoms. The Labute approximate surface area is 149 Å². The van der Waals surface area contributed by atoms with E-state index >= 15 is 0 Å². The standard InChI is InChI=1S/C17H19F3N4O2/c1-11(2)22-15(25)16(26)24-7-5-23(6-8-24)14-4-3-13(17(18,19)20)9-12(14)10-21/h3-4,9,11H,5-8H2,1-2H3,(H,22,25). The van der Waals surface area contributed by atoms with Crippen LogP contribution in [0.15, 0.2) is 18.2 Å². The number of nitrogens with zero attached hydrogens (tertiary/aromatic N) is 3. The van der Waals surface area contributed by atoms with Crippen molar-refractivity contribution in [2.45, 2.75) is 26.1 Å². The number of hydrogen-bond donors (Lipinski definition) is 1. The van der Waals surface area contributed by atoms with Crippen LogP contribution in [0.5, 0.6) is 0 Å². The highest BCUT2D eigenvalue weighted by Gasteiger charge is 2.32. The van der Waals surface area contributed by atoms with Crippen molar-refractivity contribution in [3.63, 3.8) is 0 Å². The van der Waals surface area contributed by atoms with Gasteiger partial charge in [-0.1, -0.05) is 0 Å². The predicted molar refractivity (Wildman–Crippen MR) is 88.2 cm³/mol. The highest BCUT2D eigenvalue weighted by atomic mass is 19.4. The van der Waals surface area contributed by atoms with Gasteiger partial charge in [-0.05, 0) is 32.0 Å². The zero-order chi connectivity index (χ0) is 19.5. The summed E-state index contributed by atoms with van der Waals surface area (Å²) in [6, 6.07) is 4.66. The summed E-state index contributed by atoms with van der Waals surface area (Å²) < 4.78 is 38.3. The molecule has 1 aliphatic rings. The fraction of sp³-hybridized carbons (Fsp3) is 0.471. The molecule has 1 aliphatic heterocycles. The van der Waals surface area contributed by atoms with E-state index in [1.807, 2.05) is 0 Å². The van der Waals surface area contributed by atoms with Crippen molar-refractivity contribution in [1.29, 1.82) is 5.26 Å². The third-order valence-corrected chi connectivity index (χ3v) is 3.97. The molecule has 2 amide bonds. The van der Waals surface area contributed by atoms with Crippen LogP contribution in [0, 0.1) is 11.3 Å². The number of carbonyl (C=O) groups is 2. The van der Waals surface area contributed by atoms with E-state index in [1.165, 1.54) is 11.0 Å². The van der Waals surface area contributed by atoms with Crippen LogP contribution in [0.1, 0.15) is 25.0 Å². The van der Waals surface area contributed by atoms with E-state index in [0.29, 0.717) is 18.8 Å². The van der Waals surface area contributed by atoms with Crippen LogP contribution in [0.4, 0.5) is 18.9 Å². The first kappa shape index (κ1) is 19.6. The Morgan fingerprint density at radius 3 is 2.31 bits per heavy atom. The first-order chi connectivity index (χ1) is 12.1. The number of rotatable bonds is 2. The lowest BCUT2D eigenvalue weighted by Crippen LogP contribution is -2.53. The Hall–Kier alpha value is -2.76. The van der Waals surface area contributed by atoms with Crippen molar-refractivity contribution in [3.05, 3.63) is 29.3 Å². The van der Waals surface area contributed by atoms with Crippen LogP contribution in [0.25, 0.3) is 0 Å². The summed E-state index contributed by atoms with van der Waals surface area (Å²) in [5.41, 5.74) is -0.562. The minimum absolute atomic E-state index is 0.0721. The van der Waals surface area contributed by atoms with Crippen molar-refractivity contribution in [2.24, 2.45) is 0 Å². The number of amides is 2. The van der Waals surface area contributed by atoms with Gasteiger partial charge in [0, 0.05) is 32.2 Å². The molecule has 2 rings (SSSR count). The number of nitriles is 1. The van der Waals surface area contributed by atoms with Gasteiger partial charge in [0.2, 0.25) is 0 Å². The zero-order valence-electron chi connectivity index (χ0n) is 14.4. The van der Waals surface area contributed by atoms with Gasteiger partial charge >= 0.3 is 18.0 Å². The van der Waals surface area contributed by atoms with Gasteiger partial charge in [-0.25, -0.2) is 0 Å². The lowest BCUT2D eigenvalue weighted by atomic mass is 10.1. The fourth-order valence-electron chi connectivity index (χ4n) is 2.70. The first-order valence-electron chi connectivity index (χ1n) is 8.09. The highest BCUT2D eigenvalue weighted by molar-refractivity contribution is 6.35. The van der Waals surface area contributed by atoms with Gasteiger partial charge in [0.1, 0.15) is 6.07 Å². The van der Waals surface area contributed by atoms with E-state index in [9.17, 15) is 28.0 Å². The molecule has 1 heterocycles. The molecule has 0 spiro atoms. The molecule has 140 valence electrons. The van der Waals surface area contributed by atoms with E-state index in [2.05, 4.69) is 5.32 Å². The minimum Gasteiger partial charge on any atom is -0.367 e. The Morgan fingerprint density at radius 2 is 1.81 bits per heavy atom. The average Bonchev–Trinajstić information content (AvgIpc) is 2.59. The van der Waals surface area contributed by atoms with E-state index in [4.69, 9.17) is 0 Å². The van der Waals surface area contributed by atoms with Crippen LogP contribution >= 0.6 is 0 Å². The molecular formula is C17H19F3N4O2. The van der Waals surface area contributed by atoms with Crippen LogP contribution < -0.4 is 10.2 Å². The molecule has 0 atom stereocenters. The molecule has 1 N–H and O–H groups in total. The molecule has 1 aromatic carbocycles. The fourth-order valence-corrected chi connectivity index (χ4v) is 2.70. The highest BCUT2D eigenvalue weighted by Crippen LogP contribution is 2.33. The number of benzene rings is 1. The molecule has 0 radical (unpaired) electrons. The van der Waals surface area contributed by atoms with Crippen LogP contribution in [0.2, 0.25) is 0 Å². The quantitative estimate of drug-likeness (QED) is 0.807. The maximum absolute atomic E-state index is 12.8. The molecule has 6 nitrogen and oxygen atoms in total. The second kappa shape index (κ2) is 7.64. The molecule has 26 heavy (non-hydrogen) atoms. The van der Waals surface area contributed by atoms with Crippen molar-refractivity contribution in [2.75, 3.05) is 31.1 Å². The minimum atomic E-state index is -4.51. The molecule has 1 aromatic rings. The normalized spacial score (nSPS) is 15.0. The average molecular weight is 368 g/mol. The van der Waals surface area contributed by atoms with Crippen LogP contribution in [0.3, 0.4) is 0 Å². The van der Waals surface area contributed by atoms with Gasteiger partial charge in [-0.15, -0.1) is 0 Å². The number of anilines is 1. The number of halogens is 3. The third kappa shape index (κ3) is 4.45. The van der Waals surface area contributed by atoms with Crippen molar-refractivity contribution in [3.8, 4) is 6.07 Å². The molecule has 0 unspecified atom stereocenters. The Kier molecular flexibility index (Phi) is 5.75. The van der Waals surface area contributed by atoms with E-state index in [0.717, 1.165) is 12.1 Å². The van der Waals surface area contributed by atoms with E-state index in [-0.39, 0.29) is 24.7 Å². The maximum Gasteiger partial charge on any atom is 0.416 e. The summed E-state index contributed by atoms with van der Waals surface area (Å²) in [5.74, 6) is -1.31. The molecule has 1 saturated heterocycles. The smallest absolute Gasteiger partial charge is 0.367 e. The third-order valence-electron chi connectivity index (χ3n) is 3.97. The number of carbonyl (C=O) groups excluding carboxylic acids is 2. The van der Waals surface area contributed by atoms with Gasteiger partial charge in [0.25, 0.3) is 0 Å². The monoisotopic (exact) mass is 368 g/mol. The van der Waals surface area contributed by atoms with Crippen molar-refractivity contribution >= 4 is 17.5 Å². The first-order valence-corrected chi connectivity index (χ1v) is 8.09. The molecule has 0 saturated carbocycles. The molecule has 9 heteroatoms. The second-order valence-corrected chi connectivity index (χ2v) is 6.25. The summed E-state index contributed by atoms with van der Waals surface area (Å²) in [4.78, 5) is 27.0. The zero-order valence-corrected chi connectivity index (χ0v) is 14.4. The molecule has 0 aliphatic carbocycles. The van der Waals surface area contributed by atoms with Crippen molar-refractivity contribution in [1.82, 2.24) is 10.2 Å². The van der Waals surface area contributed by atoms with Gasteiger partial charge in [-0.2, -0.15) is 18.4 Å². The largest absolute Gasteiger partial charge is 0.416 e. The van der Waals surface area contributed by atoms with Gasteiger partial charge in [-0.3, -0.25) is 9.59 Å². The van der Waals surface area contributed by atoms with E-state index < -0.39 is 23.6 Å². The summed E-state index contributed by atoms with van der Waals surface area (Å²) >= 11 is 0. The summed E-state index contributed by atoms with van der Waals surface area (Å²) in [6.07, 6.45) is -4.51. The second-order valence-electron chi connectivity index (χ2n) is 6.25. The lowest BCUT2D eigenvalue weighted by Gasteiger charge is -2.36. The Morgan fingerprint density at radius 1 is 1.19 bits per heavy atom. The number of piperazine rings is 1. The van der Waals surface area contributed by atoms with Crippen molar-refractivity contribution < 1.29 is 22.8 Å². The molecular weight excluding hydrogens is 349 g/mol. The Balaban J connectivity index is 2.07. The molecule has 1 fully saturated rings. The topological polar surface area (TPSA) is 76.4 Å². The molecule has 0 aromatic heterocycles. The van der Waals surface area contributed by atoms with E-state index in [1.54, 1.807) is 24.8 Å². The summed E-state index contributed by atoms with van der Waals surface area (Å²) in [7, 11) is 0. The lowest BCUT2D eigenvalue weighted by molar-refractivity contribution is -0.146. The maximum atomic E-state index is 12.8.